The molecule has 7 heteroatoms. The minimum atomic E-state index is -0.181. The molecule has 0 saturated carbocycles. The van der Waals surface area contributed by atoms with Gasteiger partial charge in [0.1, 0.15) is 12.1 Å². The van der Waals surface area contributed by atoms with Gasteiger partial charge in [0.25, 0.3) is 5.91 Å². The predicted octanol–water partition coefficient (Wildman–Crippen LogP) is 1.71. The Kier molecular flexibility index (Phi) is 3.76. The van der Waals surface area contributed by atoms with Crippen LogP contribution in [0.3, 0.4) is 0 Å². The fourth-order valence-electron chi connectivity index (χ4n) is 3.06. The molecule has 128 valence electrons. The number of carbonyl (C=O) groups excluding carboxylic acids is 1. The minimum absolute atomic E-state index is 0.105. The van der Waals surface area contributed by atoms with Gasteiger partial charge in [-0.15, -0.1) is 0 Å². The first-order valence-electron chi connectivity index (χ1n) is 8.02. The Morgan fingerprint density at radius 2 is 2.28 bits per heavy atom. The summed E-state index contributed by atoms with van der Waals surface area (Å²) in [7, 11) is 3.49. The summed E-state index contributed by atoms with van der Waals surface area (Å²) in [6, 6.07) is 7.41. The lowest BCUT2D eigenvalue weighted by molar-refractivity contribution is 0.0914. The number of aromatic nitrogens is 3. The number of nitrogens with zero attached hydrogens (tertiary/aromatic N) is 3. The van der Waals surface area contributed by atoms with Crippen LogP contribution in [0.5, 0.6) is 11.5 Å². The molecule has 4 rings (SSSR count). The van der Waals surface area contributed by atoms with Crippen molar-refractivity contribution in [1.29, 1.82) is 0 Å². The van der Waals surface area contributed by atoms with Gasteiger partial charge < -0.3 is 19.4 Å². The van der Waals surface area contributed by atoms with Crippen LogP contribution < -0.4 is 14.8 Å². The molecule has 0 fully saturated rings. The lowest BCUT2D eigenvalue weighted by Crippen LogP contribution is -2.42. The van der Waals surface area contributed by atoms with Gasteiger partial charge in [-0.1, -0.05) is 12.1 Å². The Labute approximate surface area is 144 Å². The highest BCUT2D eigenvalue weighted by molar-refractivity contribution is 5.96. The molecule has 7 nitrogen and oxygen atoms in total. The molecule has 25 heavy (non-hydrogen) atoms. The summed E-state index contributed by atoms with van der Waals surface area (Å²) >= 11 is 0. The maximum absolute atomic E-state index is 12.5. The lowest BCUT2D eigenvalue weighted by atomic mass is 10.0. The Morgan fingerprint density at radius 1 is 1.40 bits per heavy atom. The van der Waals surface area contributed by atoms with E-state index >= 15 is 0 Å². The highest BCUT2D eigenvalue weighted by atomic mass is 16.5. The monoisotopic (exact) mass is 338 g/mol. The van der Waals surface area contributed by atoms with Crippen molar-refractivity contribution >= 4 is 17.1 Å². The van der Waals surface area contributed by atoms with Crippen molar-refractivity contribution in [3.63, 3.8) is 0 Å². The van der Waals surface area contributed by atoms with E-state index in [1.54, 1.807) is 25.7 Å². The first-order valence-corrected chi connectivity index (χ1v) is 8.02. The number of hydrogen-bond donors (Lipinski definition) is 1. The van der Waals surface area contributed by atoms with Crippen molar-refractivity contribution in [2.75, 3.05) is 13.7 Å². The molecule has 1 aliphatic rings. The molecular weight excluding hydrogens is 320 g/mol. The molecule has 0 saturated heterocycles. The summed E-state index contributed by atoms with van der Waals surface area (Å²) in [5.41, 5.74) is 2.96. The van der Waals surface area contributed by atoms with E-state index in [2.05, 4.69) is 15.3 Å². The number of ether oxygens (including phenoxy) is 2. The van der Waals surface area contributed by atoms with Crippen LogP contribution in [0.15, 0.2) is 36.8 Å². The molecule has 0 bridgehead atoms. The minimum Gasteiger partial charge on any atom is -0.493 e. The predicted molar refractivity (Wildman–Crippen MR) is 92.0 cm³/mol. The van der Waals surface area contributed by atoms with Gasteiger partial charge in [0, 0.05) is 18.8 Å². The van der Waals surface area contributed by atoms with Crippen molar-refractivity contribution < 1.29 is 14.3 Å². The van der Waals surface area contributed by atoms with Gasteiger partial charge >= 0.3 is 0 Å². The SMILES string of the molecule is COc1cccc2c1OCC(NC(=O)c1cnc3c(c1)ncn3C)C2. The lowest BCUT2D eigenvalue weighted by Gasteiger charge is -2.27. The van der Waals surface area contributed by atoms with Gasteiger partial charge in [-0.25, -0.2) is 9.97 Å². The van der Waals surface area contributed by atoms with Crippen LogP contribution in [-0.4, -0.2) is 40.2 Å². The summed E-state index contributed by atoms with van der Waals surface area (Å²) in [5.74, 6) is 1.29. The van der Waals surface area contributed by atoms with Gasteiger partial charge in [0.2, 0.25) is 0 Å². The van der Waals surface area contributed by atoms with E-state index in [0.717, 1.165) is 17.0 Å². The third-order valence-corrected chi connectivity index (χ3v) is 4.32. The Hall–Kier alpha value is -3.09. The van der Waals surface area contributed by atoms with Crippen molar-refractivity contribution in [2.45, 2.75) is 12.5 Å². The fourth-order valence-corrected chi connectivity index (χ4v) is 3.06. The molecule has 1 unspecified atom stereocenters. The van der Waals surface area contributed by atoms with E-state index < -0.39 is 0 Å². The van der Waals surface area contributed by atoms with E-state index in [1.165, 1.54) is 0 Å². The molecule has 1 amide bonds. The first-order chi connectivity index (χ1) is 12.2. The van der Waals surface area contributed by atoms with Crippen LogP contribution >= 0.6 is 0 Å². The summed E-state index contributed by atoms with van der Waals surface area (Å²) in [5, 5.41) is 3.01. The van der Waals surface area contributed by atoms with Crippen molar-refractivity contribution in [2.24, 2.45) is 7.05 Å². The zero-order valence-corrected chi connectivity index (χ0v) is 14.0. The van der Waals surface area contributed by atoms with E-state index in [0.29, 0.717) is 29.9 Å². The molecule has 3 aromatic rings. The molecule has 2 aromatic heterocycles. The third-order valence-electron chi connectivity index (χ3n) is 4.32. The molecule has 0 spiro atoms. The summed E-state index contributed by atoms with van der Waals surface area (Å²) in [4.78, 5) is 21.1. The average Bonchev–Trinajstić information content (AvgIpc) is 3.01. The van der Waals surface area contributed by atoms with Crippen molar-refractivity contribution in [3.8, 4) is 11.5 Å². The number of methoxy groups -OCH3 is 1. The fraction of sp³-hybridized carbons (Fsp3) is 0.278. The van der Waals surface area contributed by atoms with E-state index in [1.807, 2.05) is 29.8 Å². The van der Waals surface area contributed by atoms with Crippen LogP contribution in [0.2, 0.25) is 0 Å². The highest BCUT2D eigenvalue weighted by Crippen LogP contribution is 2.34. The molecule has 1 atom stereocenters. The molecule has 0 radical (unpaired) electrons. The van der Waals surface area contributed by atoms with Crippen LogP contribution in [0.4, 0.5) is 0 Å². The average molecular weight is 338 g/mol. The second-order valence-electron chi connectivity index (χ2n) is 6.06. The number of fused-ring (bicyclic) bond motifs is 2. The number of imidazole rings is 1. The second kappa shape index (κ2) is 6.08. The maximum Gasteiger partial charge on any atom is 0.253 e. The van der Waals surface area contributed by atoms with Gasteiger partial charge in [-0.3, -0.25) is 4.79 Å². The number of carbonyl (C=O) groups is 1. The van der Waals surface area contributed by atoms with Crippen LogP contribution in [0.25, 0.3) is 11.2 Å². The number of aryl methyl sites for hydroxylation is 1. The summed E-state index contributed by atoms with van der Waals surface area (Å²) < 4.78 is 12.9. The zero-order valence-electron chi connectivity index (χ0n) is 14.0. The Balaban J connectivity index is 1.50. The van der Waals surface area contributed by atoms with Crippen molar-refractivity contribution in [1.82, 2.24) is 19.9 Å². The topological polar surface area (TPSA) is 78.3 Å². The molecule has 1 aromatic carbocycles. The van der Waals surface area contributed by atoms with Gasteiger partial charge in [-0.05, 0) is 18.6 Å². The van der Waals surface area contributed by atoms with Gasteiger partial charge in [0.05, 0.1) is 25.0 Å². The standard InChI is InChI=1S/C18H18N4O3/c1-22-10-20-14-7-12(8-19-17(14)22)18(23)21-13-6-11-4-3-5-15(24-2)16(11)25-9-13/h3-5,7-8,10,13H,6,9H2,1-2H3,(H,21,23). The number of rotatable bonds is 3. The number of pyridine rings is 1. The Morgan fingerprint density at radius 3 is 3.12 bits per heavy atom. The van der Waals surface area contributed by atoms with Crippen LogP contribution in [0.1, 0.15) is 15.9 Å². The third kappa shape index (κ3) is 2.77. The van der Waals surface area contributed by atoms with E-state index in [4.69, 9.17) is 9.47 Å². The molecular formula is C18H18N4O3. The number of amides is 1. The molecule has 3 heterocycles. The number of benzene rings is 1. The molecule has 0 aliphatic carbocycles. The quantitative estimate of drug-likeness (QED) is 0.787. The zero-order chi connectivity index (χ0) is 17.4. The molecule has 1 aliphatic heterocycles. The highest BCUT2D eigenvalue weighted by Gasteiger charge is 2.24. The Bertz CT molecular complexity index is 951. The normalized spacial score (nSPS) is 16.2. The number of nitrogens with one attached hydrogen (secondary N) is 1. The number of hydrogen-bond acceptors (Lipinski definition) is 5. The summed E-state index contributed by atoms with van der Waals surface area (Å²) in [6.45, 7) is 0.401. The molecule has 1 N–H and O–H groups in total. The van der Waals surface area contributed by atoms with Gasteiger partial charge in [0.15, 0.2) is 17.1 Å². The second-order valence-corrected chi connectivity index (χ2v) is 6.06. The van der Waals surface area contributed by atoms with Crippen LogP contribution in [-0.2, 0) is 13.5 Å². The van der Waals surface area contributed by atoms with E-state index in [9.17, 15) is 4.79 Å². The number of para-hydroxylation sites is 1. The van der Waals surface area contributed by atoms with E-state index in [-0.39, 0.29) is 11.9 Å². The maximum atomic E-state index is 12.5. The van der Waals surface area contributed by atoms with Crippen molar-refractivity contribution in [3.05, 3.63) is 47.9 Å². The first kappa shape index (κ1) is 15.4. The largest absolute Gasteiger partial charge is 0.493 e. The smallest absolute Gasteiger partial charge is 0.253 e. The summed E-state index contributed by atoms with van der Waals surface area (Å²) in [6.07, 6.45) is 3.94. The van der Waals surface area contributed by atoms with Gasteiger partial charge in [-0.2, -0.15) is 0 Å². The van der Waals surface area contributed by atoms with Crippen LogP contribution in [0, 0.1) is 0 Å².